The highest BCUT2D eigenvalue weighted by Crippen LogP contribution is 2.36. The Bertz CT molecular complexity index is 818. The molecular weight excluding hydrogens is 309 g/mol. The topological polar surface area (TPSA) is 57.5 Å². The lowest BCUT2D eigenvalue weighted by Crippen LogP contribution is -2.04. The summed E-state index contributed by atoms with van der Waals surface area (Å²) in [6.07, 6.45) is -2.64. The van der Waals surface area contributed by atoms with E-state index in [-0.39, 0.29) is 23.7 Å². The van der Waals surface area contributed by atoms with Crippen molar-refractivity contribution in [2.45, 2.75) is 12.6 Å². The number of rotatable bonds is 1. The lowest BCUT2D eigenvalue weighted by atomic mass is 10.1. The van der Waals surface area contributed by atoms with Crippen LogP contribution in [0.25, 0.3) is 6.08 Å². The van der Waals surface area contributed by atoms with Gasteiger partial charge in [-0.2, -0.15) is 13.2 Å². The summed E-state index contributed by atoms with van der Waals surface area (Å²) in [5.74, 6) is -1.00. The Morgan fingerprint density at radius 2 is 1.61 bits per heavy atom. The molecule has 3 rings (SSSR count). The van der Waals surface area contributed by atoms with E-state index < -0.39 is 11.7 Å². The molecule has 3 nitrogen and oxygen atoms in total. The minimum Gasteiger partial charge on any atom is -0.504 e. The van der Waals surface area contributed by atoms with E-state index in [0.717, 1.165) is 12.1 Å². The summed E-state index contributed by atoms with van der Waals surface area (Å²) in [6, 6.07) is 7.01. The number of ketones is 1. The van der Waals surface area contributed by atoms with Crippen LogP contribution in [0.4, 0.5) is 13.2 Å². The predicted octanol–water partition coefficient (Wildman–Crippen LogP) is 3.94. The van der Waals surface area contributed by atoms with E-state index in [2.05, 4.69) is 0 Å². The predicted molar refractivity (Wildman–Crippen MR) is 77.2 cm³/mol. The number of carbonyl (C=O) groups is 1. The molecule has 0 aromatic heterocycles. The molecule has 2 N–H and O–H groups in total. The minimum atomic E-state index is -4.40. The van der Waals surface area contributed by atoms with Crippen molar-refractivity contribution in [3.8, 4) is 11.5 Å². The second-order valence-corrected chi connectivity index (χ2v) is 5.29. The van der Waals surface area contributed by atoms with Gasteiger partial charge in [-0.3, -0.25) is 4.79 Å². The van der Waals surface area contributed by atoms with Crippen molar-refractivity contribution in [3.05, 3.63) is 64.2 Å². The standard InChI is InChI=1S/C17H11F3O3/c18-17(19,20)12-3-1-9(2-4-12)5-11-6-10-7-14(21)15(22)8-13(10)16(11)23/h1-5,7-8,21-22H,6H2/b11-5+. The number of hydrogen-bond acceptors (Lipinski definition) is 3. The Labute approximate surface area is 129 Å². The summed E-state index contributed by atoms with van der Waals surface area (Å²) in [5.41, 5.74) is 0.977. The molecule has 0 heterocycles. The van der Waals surface area contributed by atoms with Crippen molar-refractivity contribution in [3.63, 3.8) is 0 Å². The second-order valence-electron chi connectivity index (χ2n) is 5.29. The highest BCUT2D eigenvalue weighted by molar-refractivity contribution is 6.15. The Morgan fingerprint density at radius 3 is 2.22 bits per heavy atom. The van der Waals surface area contributed by atoms with Crippen LogP contribution < -0.4 is 0 Å². The Kier molecular flexibility index (Phi) is 3.39. The summed E-state index contributed by atoms with van der Waals surface area (Å²) in [7, 11) is 0. The zero-order valence-electron chi connectivity index (χ0n) is 11.7. The van der Waals surface area contributed by atoms with Gasteiger partial charge in [0.1, 0.15) is 0 Å². The van der Waals surface area contributed by atoms with Gasteiger partial charge in [0.2, 0.25) is 0 Å². The van der Waals surface area contributed by atoms with Gasteiger partial charge in [0, 0.05) is 17.6 Å². The van der Waals surface area contributed by atoms with Gasteiger partial charge in [-0.15, -0.1) is 0 Å². The van der Waals surface area contributed by atoms with Crippen LogP contribution in [0.3, 0.4) is 0 Å². The molecule has 0 amide bonds. The number of fused-ring (bicyclic) bond motifs is 1. The molecule has 2 aromatic rings. The maximum atomic E-state index is 12.5. The molecule has 0 fully saturated rings. The number of allylic oxidation sites excluding steroid dienone is 1. The van der Waals surface area contributed by atoms with E-state index >= 15 is 0 Å². The van der Waals surface area contributed by atoms with Gasteiger partial charge >= 0.3 is 6.18 Å². The molecule has 0 atom stereocenters. The summed E-state index contributed by atoms with van der Waals surface area (Å²) in [6.45, 7) is 0. The zero-order valence-corrected chi connectivity index (χ0v) is 11.7. The number of phenols is 2. The third-order valence-corrected chi connectivity index (χ3v) is 3.70. The molecule has 118 valence electrons. The number of halogens is 3. The van der Waals surface area contributed by atoms with Crippen molar-refractivity contribution >= 4 is 11.9 Å². The van der Waals surface area contributed by atoms with Gasteiger partial charge in [0.25, 0.3) is 0 Å². The van der Waals surface area contributed by atoms with Crippen LogP contribution in [0, 0.1) is 0 Å². The van der Waals surface area contributed by atoms with Crippen molar-refractivity contribution in [1.29, 1.82) is 0 Å². The third-order valence-electron chi connectivity index (χ3n) is 3.70. The first-order chi connectivity index (χ1) is 10.8. The molecule has 0 unspecified atom stereocenters. The molecule has 0 aliphatic heterocycles. The molecule has 0 spiro atoms. The fourth-order valence-corrected chi connectivity index (χ4v) is 2.52. The maximum Gasteiger partial charge on any atom is 0.416 e. The van der Waals surface area contributed by atoms with Crippen LogP contribution in [0.5, 0.6) is 11.5 Å². The Hall–Kier alpha value is -2.76. The van der Waals surface area contributed by atoms with Gasteiger partial charge in [0.15, 0.2) is 17.3 Å². The fourth-order valence-electron chi connectivity index (χ4n) is 2.52. The fraction of sp³-hybridized carbons (Fsp3) is 0.118. The first kappa shape index (κ1) is 15.1. The van der Waals surface area contributed by atoms with E-state index in [4.69, 9.17) is 0 Å². The monoisotopic (exact) mass is 320 g/mol. The van der Waals surface area contributed by atoms with Crippen LogP contribution in [0.1, 0.15) is 27.0 Å². The van der Waals surface area contributed by atoms with Crippen LogP contribution in [-0.2, 0) is 12.6 Å². The molecule has 1 aliphatic rings. The molecular formula is C17H11F3O3. The van der Waals surface area contributed by atoms with E-state index in [0.29, 0.717) is 22.3 Å². The first-order valence-corrected chi connectivity index (χ1v) is 6.73. The number of phenolic OH excluding ortho intramolecular Hbond substituents is 2. The van der Waals surface area contributed by atoms with E-state index in [9.17, 15) is 28.2 Å². The Balaban J connectivity index is 1.91. The van der Waals surface area contributed by atoms with Gasteiger partial charge in [-0.1, -0.05) is 12.1 Å². The summed E-state index contributed by atoms with van der Waals surface area (Å²) < 4.78 is 37.6. The lowest BCUT2D eigenvalue weighted by molar-refractivity contribution is -0.137. The number of benzene rings is 2. The largest absolute Gasteiger partial charge is 0.504 e. The van der Waals surface area contributed by atoms with Gasteiger partial charge in [-0.25, -0.2) is 0 Å². The Morgan fingerprint density at radius 1 is 1.00 bits per heavy atom. The molecule has 0 radical (unpaired) electrons. The average molecular weight is 320 g/mol. The summed E-state index contributed by atoms with van der Waals surface area (Å²) in [4.78, 5) is 12.2. The highest BCUT2D eigenvalue weighted by atomic mass is 19.4. The normalized spacial score (nSPS) is 16.0. The van der Waals surface area contributed by atoms with Crippen molar-refractivity contribution in [1.82, 2.24) is 0 Å². The third kappa shape index (κ3) is 2.79. The second kappa shape index (κ2) is 5.15. The number of Topliss-reactive ketones (excluding diaryl/α,β-unsaturated/α-hetero) is 1. The number of aromatic hydroxyl groups is 2. The first-order valence-electron chi connectivity index (χ1n) is 6.73. The molecule has 0 bridgehead atoms. The molecule has 6 heteroatoms. The molecule has 1 aliphatic carbocycles. The van der Waals surface area contributed by atoms with E-state index in [1.54, 1.807) is 0 Å². The van der Waals surface area contributed by atoms with Crippen LogP contribution >= 0.6 is 0 Å². The maximum absolute atomic E-state index is 12.5. The van der Waals surface area contributed by atoms with Gasteiger partial charge in [-0.05, 0) is 41.5 Å². The van der Waals surface area contributed by atoms with Crippen LogP contribution in [0.15, 0.2) is 42.0 Å². The van der Waals surface area contributed by atoms with Crippen LogP contribution in [0.2, 0.25) is 0 Å². The molecule has 23 heavy (non-hydrogen) atoms. The minimum absolute atomic E-state index is 0.253. The number of hydrogen-bond donors (Lipinski definition) is 2. The number of alkyl halides is 3. The highest BCUT2D eigenvalue weighted by Gasteiger charge is 2.30. The SMILES string of the molecule is O=C1/C(=C/c2ccc(C(F)(F)F)cc2)Cc2cc(O)c(O)cc21. The van der Waals surface area contributed by atoms with Crippen molar-refractivity contribution < 1.29 is 28.2 Å². The van der Waals surface area contributed by atoms with Crippen LogP contribution in [-0.4, -0.2) is 16.0 Å². The smallest absolute Gasteiger partial charge is 0.416 e. The number of carbonyl (C=O) groups excluding carboxylic acids is 1. The summed E-state index contributed by atoms with van der Waals surface area (Å²) in [5, 5.41) is 18.9. The van der Waals surface area contributed by atoms with Crippen molar-refractivity contribution in [2.75, 3.05) is 0 Å². The molecule has 0 saturated heterocycles. The quantitative estimate of drug-likeness (QED) is 0.618. The van der Waals surface area contributed by atoms with Gasteiger partial charge < -0.3 is 10.2 Å². The molecule has 2 aromatic carbocycles. The average Bonchev–Trinajstić information content (AvgIpc) is 2.76. The van der Waals surface area contributed by atoms with E-state index in [1.807, 2.05) is 0 Å². The van der Waals surface area contributed by atoms with E-state index in [1.165, 1.54) is 30.3 Å². The lowest BCUT2D eigenvalue weighted by Gasteiger charge is -2.06. The van der Waals surface area contributed by atoms with Gasteiger partial charge in [0.05, 0.1) is 5.56 Å². The molecule has 0 saturated carbocycles. The van der Waals surface area contributed by atoms with Crippen molar-refractivity contribution in [2.24, 2.45) is 0 Å². The summed E-state index contributed by atoms with van der Waals surface area (Å²) >= 11 is 0. The zero-order chi connectivity index (χ0) is 16.8.